The summed E-state index contributed by atoms with van der Waals surface area (Å²) in [6.07, 6.45) is 2.01. The zero-order chi connectivity index (χ0) is 16.7. The quantitative estimate of drug-likeness (QED) is 0.697. The van der Waals surface area contributed by atoms with Crippen molar-refractivity contribution in [3.8, 4) is 0 Å². The Hall–Kier alpha value is -1.92. The molecule has 0 unspecified atom stereocenters. The molecule has 0 saturated heterocycles. The number of ether oxygens (including phenoxy) is 2. The van der Waals surface area contributed by atoms with Crippen LogP contribution in [0.5, 0.6) is 0 Å². The van der Waals surface area contributed by atoms with E-state index in [0.29, 0.717) is 32.8 Å². The first-order chi connectivity index (χ1) is 11.1. The van der Waals surface area contributed by atoms with Crippen molar-refractivity contribution in [1.29, 1.82) is 0 Å². The van der Waals surface area contributed by atoms with Gasteiger partial charge in [-0.2, -0.15) is 0 Å². The van der Waals surface area contributed by atoms with Gasteiger partial charge in [-0.3, -0.25) is 4.79 Å². The Kier molecular flexibility index (Phi) is 6.55. The van der Waals surface area contributed by atoms with Crippen molar-refractivity contribution in [1.82, 2.24) is 10.3 Å². The molecule has 0 fully saturated rings. The smallest absolute Gasteiger partial charge is 0.248 e. The monoisotopic (exact) mass is 322 g/mol. The topological polar surface area (TPSA) is 63.4 Å². The van der Waals surface area contributed by atoms with E-state index in [9.17, 15) is 9.18 Å². The van der Waals surface area contributed by atoms with Crippen LogP contribution >= 0.6 is 0 Å². The Bertz CT molecular complexity index is 642. The van der Waals surface area contributed by atoms with Crippen LogP contribution in [0.3, 0.4) is 0 Å². The molecule has 0 spiro atoms. The maximum atomic E-state index is 13.1. The summed E-state index contributed by atoms with van der Waals surface area (Å²) in [7, 11) is 0. The number of amides is 1. The number of hydrogen-bond acceptors (Lipinski definition) is 3. The van der Waals surface area contributed by atoms with Crippen molar-refractivity contribution in [3.05, 3.63) is 35.8 Å². The number of halogens is 1. The summed E-state index contributed by atoms with van der Waals surface area (Å²) >= 11 is 0. The van der Waals surface area contributed by atoms with E-state index in [4.69, 9.17) is 9.47 Å². The van der Waals surface area contributed by atoms with Crippen LogP contribution in [0.1, 0.15) is 19.4 Å². The van der Waals surface area contributed by atoms with Gasteiger partial charge in [0.15, 0.2) is 0 Å². The van der Waals surface area contributed by atoms with Crippen molar-refractivity contribution in [2.45, 2.75) is 26.4 Å². The number of nitrogens with one attached hydrogen (secondary N) is 2. The van der Waals surface area contributed by atoms with Gasteiger partial charge >= 0.3 is 0 Å². The number of carbonyl (C=O) groups excluding carboxylic acids is 1. The molecule has 2 aromatic rings. The second-order valence-electron chi connectivity index (χ2n) is 5.25. The summed E-state index contributed by atoms with van der Waals surface area (Å²) in [4.78, 5) is 14.9. The highest BCUT2D eigenvalue weighted by Crippen LogP contribution is 2.19. The number of H-pyrrole nitrogens is 1. The van der Waals surface area contributed by atoms with E-state index in [0.717, 1.165) is 16.5 Å². The molecular formula is C17H23FN2O3. The first-order valence-corrected chi connectivity index (χ1v) is 7.84. The van der Waals surface area contributed by atoms with E-state index in [1.54, 1.807) is 13.0 Å². The van der Waals surface area contributed by atoms with Gasteiger partial charge in [-0.25, -0.2) is 4.39 Å². The molecule has 0 aliphatic rings. The van der Waals surface area contributed by atoms with Crippen LogP contribution in [0.2, 0.25) is 0 Å². The zero-order valence-corrected chi connectivity index (χ0v) is 13.5. The van der Waals surface area contributed by atoms with E-state index in [1.807, 2.05) is 13.1 Å². The Morgan fingerprint density at radius 2 is 2.22 bits per heavy atom. The fourth-order valence-electron chi connectivity index (χ4n) is 2.33. The molecular weight excluding hydrogens is 299 g/mol. The van der Waals surface area contributed by atoms with E-state index in [2.05, 4.69) is 10.3 Å². The average Bonchev–Trinajstić information content (AvgIpc) is 2.93. The molecule has 1 aromatic carbocycles. The molecule has 0 aliphatic heterocycles. The molecule has 0 saturated carbocycles. The predicted octanol–water partition coefficient (Wildman–Crippen LogP) is 2.41. The summed E-state index contributed by atoms with van der Waals surface area (Å²) in [6, 6.07) is 4.65. The molecule has 1 atom stereocenters. The van der Waals surface area contributed by atoms with Crippen molar-refractivity contribution in [2.24, 2.45) is 0 Å². The van der Waals surface area contributed by atoms with Crippen LogP contribution in [0, 0.1) is 5.82 Å². The van der Waals surface area contributed by atoms with Gasteiger partial charge < -0.3 is 19.8 Å². The van der Waals surface area contributed by atoms with Crippen LogP contribution < -0.4 is 5.32 Å². The highest BCUT2D eigenvalue weighted by molar-refractivity contribution is 5.83. The fraction of sp³-hybridized carbons (Fsp3) is 0.471. The maximum absolute atomic E-state index is 13.1. The molecule has 1 aromatic heterocycles. The third-order valence-corrected chi connectivity index (χ3v) is 3.59. The molecule has 1 heterocycles. The summed E-state index contributed by atoms with van der Waals surface area (Å²) in [6.45, 7) is 5.65. The normalized spacial score (nSPS) is 12.5. The fourth-order valence-corrected chi connectivity index (χ4v) is 2.33. The largest absolute Gasteiger partial charge is 0.379 e. The highest BCUT2D eigenvalue weighted by Gasteiger charge is 2.13. The molecule has 0 aliphatic carbocycles. The van der Waals surface area contributed by atoms with Crippen LogP contribution in [0.25, 0.3) is 10.9 Å². The van der Waals surface area contributed by atoms with Crippen LogP contribution in [-0.4, -0.2) is 43.4 Å². The molecule has 6 heteroatoms. The van der Waals surface area contributed by atoms with Gasteiger partial charge in [0.2, 0.25) is 5.91 Å². The van der Waals surface area contributed by atoms with Gasteiger partial charge in [0, 0.05) is 30.3 Å². The number of benzene rings is 1. The van der Waals surface area contributed by atoms with Crippen LogP contribution in [0.4, 0.5) is 4.39 Å². The van der Waals surface area contributed by atoms with Crippen molar-refractivity contribution in [2.75, 3.05) is 26.4 Å². The molecule has 126 valence electrons. The Morgan fingerprint density at radius 3 is 3.00 bits per heavy atom. The third kappa shape index (κ3) is 5.04. The zero-order valence-electron chi connectivity index (χ0n) is 13.5. The lowest BCUT2D eigenvalue weighted by atomic mass is 10.1. The van der Waals surface area contributed by atoms with Crippen molar-refractivity contribution in [3.63, 3.8) is 0 Å². The molecule has 2 rings (SSSR count). The lowest BCUT2D eigenvalue weighted by Gasteiger charge is -2.13. The second kappa shape index (κ2) is 8.64. The number of fused-ring (bicyclic) bond motifs is 1. The molecule has 2 N–H and O–H groups in total. The van der Waals surface area contributed by atoms with Crippen molar-refractivity contribution >= 4 is 16.8 Å². The minimum atomic E-state index is -0.507. The lowest BCUT2D eigenvalue weighted by molar-refractivity contribution is -0.132. The van der Waals surface area contributed by atoms with Gasteiger partial charge in [-0.1, -0.05) is 0 Å². The molecule has 5 nitrogen and oxygen atoms in total. The average molecular weight is 322 g/mol. The van der Waals surface area contributed by atoms with Gasteiger partial charge in [0.25, 0.3) is 0 Å². The summed E-state index contributed by atoms with van der Waals surface area (Å²) in [5.41, 5.74) is 1.81. The molecule has 1 amide bonds. The number of hydrogen-bond donors (Lipinski definition) is 2. The molecule has 0 radical (unpaired) electrons. The summed E-state index contributed by atoms with van der Waals surface area (Å²) in [5.74, 6) is -0.412. The van der Waals surface area contributed by atoms with E-state index in [1.165, 1.54) is 12.1 Å². The van der Waals surface area contributed by atoms with E-state index in [-0.39, 0.29) is 11.7 Å². The number of aromatic nitrogens is 1. The SMILES string of the molecule is CCOCCO[C@@H](C)C(=O)NCCc1c[nH]c2cc(F)ccc12. The Labute approximate surface area is 135 Å². The van der Waals surface area contributed by atoms with Crippen LogP contribution in [0.15, 0.2) is 24.4 Å². The van der Waals surface area contributed by atoms with Gasteiger partial charge in [0.05, 0.1) is 13.2 Å². The summed E-state index contributed by atoms with van der Waals surface area (Å²) in [5, 5.41) is 3.82. The van der Waals surface area contributed by atoms with Gasteiger partial charge in [-0.15, -0.1) is 0 Å². The molecule has 0 bridgehead atoms. The van der Waals surface area contributed by atoms with Crippen molar-refractivity contribution < 1.29 is 18.7 Å². The Morgan fingerprint density at radius 1 is 1.39 bits per heavy atom. The minimum Gasteiger partial charge on any atom is -0.379 e. The number of rotatable bonds is 9. The number of carbonyl (C=O) groups is 1. The standard InChI is InChI=1S/C17H23FN2O3/c1-3-22-8-9-23-12(2)17(21)19-7-6-13-11-20-16-10-14(18)4-5-15(13)16/h4-5,10-12,20H,3,6-9H2,1-2H3,(H,19,21)/t12-/m0/s1. The van der Waals surface area contributed by atoms with Crippen LogP contribution in [-0.2, 0) is 20.7 Å². The summed E-state index contributed by atoms with van der Waals surface area (Å²) < 4.78 is 23.7. The second-order valence-corrected chi connectivity index (χ2v) is 5.25. The first kappa shape index (κ1) is 17.4. The predicted molar refractivity (Wildman–Crippen MR) is 86.9 cm³/mol. The maximum Gasteiger partial charge on any atom is 0.248 e. The Balaban J connectivity index is 1.76. The minimum absolute atomic E-state index is 0.146. The lowest BCUT2D eigenvalue weighted by Crippen LogP contribution is -2.36. The highest BCUT2D eigenvalue weighted by atomic mass is 19.1. The first-order valence-electron chi connectivity index (χ1n) is 7.84. The van der Waals surface area contributed by atoms with Gasteiger partial charge in [-0.05, 0) is 44.0 Å². The van der Waals surface area contributed by atoms with E-state index >= 15 is 0 Å². The third-order valence-electron chi connectivity index (χ3n) is 3.59. The van der Waals surface area contributed by atoms with E-state index < -0.39 is 6.10 Å². The molecule has 23 heavy (non-hydrogen) atoms. The number of aromatic amines is 1. The van der Waals surface area contributed by atoms with Gasteiger partial charge in [0.1, 0.15) is 11.9 Å².